The van der Waals surface area contributed by atoms with Crippen LogP contribution in [0.5, 0.6) is 0 Å². The molecule has 9 atom stereocenters. The van der Waals surface area contributed by atoms with E-state index in [-0.39, 0.29) is 6.04 Å². The first-order valence-electron chi connectivity index (χ1n) is 15.6. The van der Waals surface area contributed by atoms with E-state index in [9.17, 15) is 8.42 Å². The maximum atomic E-state index is 14.0. The molecule has 6 aliphatic carbocycles. The Balaban J connectivity index is 0.975. The fourth-order valence-electron chi connectivity index (χ4n) is 11.2. The van der Waals surface area contributed by atoms with Crippen LogP contribution in [0.1, 0.15) is 49.3 Å². The zero-order valence-corrected chi connectivity index (χ0v) is 24.1. The first-order valence-corrected chi connectivity index (χ1v) is 17.0. The van der Waals surface area contributed by atoms with E-state index in [1.807, 2.05) is 49.4 Å². The van der Waals surface area contributed by atoms with Crippen LogP contribution in [0.3, 0.4) is 0 Å². The van der Waals surface area contributed by atoms with Crippen LogP contribution in [0.4, 0.5) is 0 Å². The Kier molecular flexibility index (Phi) is 4.93. The lowest BCUT2D eigenvalue weighted by Crippen LogP contribution is -2.90. The van der Waals surface area contributed by atoms with Crippen molar-refractivity contribution in [2.24, 2.45) is 58.7 Å². The molecule has 9 unspecified atom stereocenters. The molecule has 0 amide bonds. The molecule has 0 saturated heterocycles. The first-order chi connectivity index (χ1) is 19.4. The number of rotatable bonds is 7. The van der Waals surface area contributed by atoms with Crippen LogP contribution in [-0.2, 0) is 14.8 Å². The molecule has 0 aromatic heterocycles. The summed E-state index contributed by atoms with van der Waals surface area (Å²) in [7, 11) is -3.71. The van der Waals surface area contributed by atoms with Crippen LogP contribution in [0.2, 0.25) is 0 Å². The van der Waals surface area contributed by atoms with Gasteiger partial charge < -0.3 is 4.74 Å². The van der Waals surface area contributed by atoms with Gasteiger partial charge in [0.05, 0.1) is 17.5 Å². The minimum absolute atomic E-state index is 0.247. The summed E-state index contributed by atoms with van der Waals surface area (Å²) in [5.41, 5.74) is 3.39. The Bertz CT molecular complexity index is 1500. The van der Waals surface area contributed by atoms with Gasteiger partial charge in [-0.25, -0.2) is 8.42 Å². The van der Waals surface area contributed by atoms with Gasteiger partial charge in [0.25, 0.3) is 0 Å². The molecule has 9 rings (SSSR count). The van der Waals surface area contributed by atoms with Gasteiger partial charge in [0.15, 0.2) is 0 Å². The molecule has 0 bridgehead atoms. The molecular weight excluding hydrogens is 514 g/mol. The zero-order chi connectivity index (χ0) is 27.0. The van der Waals surface area contributed by atoms with Crippen LogP contribution in [0, 0.1) is 65.6 Å². The lowest BCUT2D eigenvalue weighted by Gasteiger charge is -2.93. The topological polar surface area (TPSA) is 46.6 Å². The molecule has 5 heteroatoms. The number of fused-ring (bicyclic) bond motifs is 13. The number of hydrogen-bond donors (Lipinski definition) is 0. The van der Waals surface area contributed by atoms with Crippen LogP contribution >= 0.6 is 0 Å². The maximum absolute atomic E-state index is 14.0. The van der Waals surface area contributed by atoms with E-state index in [1.165, 1.54) is 25.7 Å². The van der Waals surface area contributed by atoms with Crippen molar-refractivity contribution in [3.05, 3.63) is 89.7 Å². The van der Waals surface area contributed by atoms with E-state index < -0.39 is 10.0 Å². The fourth-order valence-corrected chi connectivity index (χ4v) is 12.8. The van der Waals surface area contributed by atoms with Crippen LogP contribution in [0.25, 0.3) is 0 Å². The van der Waals surface area contributed by atoms with E-state index in [4.69, 9.17) is 4.74 Å². The number of benzene rings is 2. The predicted octanol–water partition coefficient (Wildman–Crippen LogP) is 6.76. The summed E-state index contributed by atoms with van der Waals surface area (Å²) in [6.45, 7) is 7.47. The number of sulfonamides is 1. The third-order valence-electron chi connectivity index (χ3n) is 13.1. The highest BCUT2D eigenvalue weighted by Gasteiger charge is 2.89. The molecule has 0 N–H and O–H groups in total. The standard InChI is InChI=1S/C35H39NO3S/c1-20-8-11-24(12-9-20)40(37,38)36-18-23(10-17-29(36)22-6-4-3-5-7-22)21(2)39-19-35-32-27-15-13-25(27)30(32)34(35)31-26-14-16-28(26)33(31)35/h3-12,25-34H,2,13-19H2,1H3. The van der Waals surface area contributed by atoms with Crippen molar-refractivity contribution in [2.45, 2.75) is 50.0 Å². The number of nitrogens with zero attached hydrogens (tertiary/aromatic N) is 1. The second-order valence-electron chi connectivity index (χ2n) is 14.1. The molecular formula is C35H39NO3S. The SMILES string of the molecule is C=C(OCC12C3C4CCC4C3C1C1C3CCC3C12)C1=CCC(c2ccccc2)N(S(=O)(=O)c2ccc(C)cc2)C1. The average molecular weight is 554 g/mol. The monoisotopic (exact) mass is 553 g/mol. The fraction of sp³-hybridized carbons (Fsp3) is 0.543. The summed E-state index contributed by atoms with van der Waals surface area (Å²) in [5.74, 6) is 9.36. The Hall–Kier alpha value is -2.37. The van der Waals surface area contributed by atoms with E-state index in [0.717, 1.165) is 76.6 Å². The normalized spacial score (nSPS) is 43.6. The quantitative estimate of drug-likeness (QED) is 0.281. The second-order valence-corrected chi connectivity index (χ2v) is 16.0. The predicted molar refractivity (Wildman–Crippen MR) is 154 cm³/mol. The molecule has 40 heavy (non-hydrogen) atoms. The van der Waals surface area contributed by atoms with Crippen molar-refractivity contribution in [3.63, 3.8) is 0 Å². The molecule has 0 radical (unpaired) electrons. The van der Waals surface area contributed by atoms with Crippen LogP contribution in [0.15, 0.2) is 83.5 Å². The van der Waals surface area contributed by atoms with E-state index in [0.29, 0.717) is 29.0 Å². The van der Waals surface area contributed by atoms with Gasteiger partial charge in [-0.2, -0.15) is 4.31 Å². The van der Waals surface area contributed by atoms with Gasteiger partial charge in [0.2, 0.25) is 10.0 Å². The smallest absolute Gasteiger partial charge is 0.243 e. The van der Waals surface area contributed by atoms with Gasteiger partial charge in [0, 0.05) is 17.5 Å². The van der Waals surface area contributed by atoms with Crippen LogP contribution in [-0.4, -0.2) is 25.9 Å². The third kappa shape index (κ3) is 2.84. The molecule has 1 heterocycles. The maximum Gasteiger partial charge on any atom is 0.243 e. The van der Waals surface area contributed by atoms with Gasteiger partial charge in [0.1, 0.15) is 5.76 Å². The van der Waals surface area contributed by atoms with E-state index >= 15 is 0 Å². The summed E-state index contributed by atoms with van der Waals surface area (Å²) < 4.78 is 36.4. The zero-order valence-electron chi connectivity index (χ0n) is 23.3. The molecule has 7 aliphatic rings. The van der Waals surface area contributed by atoms with Gasteiger partial charge in [-0.05, 0) is 110 Å². The highest BCUT2D eigenvalue weighted by Crippen LogP contribution is 2.92. The Morgan fingerprint density at radius 1 is 0.900 bits per heavy atom. The molecule has 2 aromatic carbocycles. The molecule has 0 spiro atoms. The minimum Gasteiger partial charge on any atom is -0.493 e. The van der Waals surface area contributed by atoms with E-state index in [2.05, 4.69) is 12.7 Å². The lowest BCUT2D eigenvalue weighted by molar-refractivity contribution is -0.468. The molecule has 1 aliphatic heterocycles. The van der Waals surface area contributed by atoms with Crippen molar-refractivity contribution >= 4 is 10.0 Å². The lowest BCUT2D eigenvalue weighted by atomic mass is 9.11. The largest absolute Gasteiger partial charge is 0.493 e. The molecule has 4 nitrogen and oxygen atoms in total. The summed E-state index contributed by atoms with van der Waals surface area (Å²) in [6.07, 6.45) is 8.61. The average Bonchev–Trinajstić information content (AvgIpc) is 2.94. The Labute approximate surface area is 238 Å². The third-order valence-corrected chi connectivity index (χ3v) is 15.0. The van der Waals surface area contributed by atoms with Crippen molar-refractivity contribution in [3.8, 4) is 0 Å². The Morgan fingerprint density at radius 3 is 2.12 bits per heavy atom. The van der Waals surface area contributed by atoms with Gasteiger partial charge in [-0.3, -0.25) is 0 Å². The number of aryl methyl sites for hydroxylation is 1. The molecule has 2 aromatic rings. The van der Waals surface area contributed by atoms with Gasteiger partial charge in [-0.15, -0.1) is 0 Å². The number of hydrogen-bond acceptors (Lipinski definition) is 3. The van der Waals surface area contributed by atoms with Crippen LogP contribution < -0.4 is 0 Å². The summed E-state index contributed by atoms with van der Waals surface area (Å²) >= 11 is 0. The van der Waals surface area contributed by atoms with E-state index in [1.54, 1.807) is 16.4 Å². The van der Waals surface area contributed by atoms with Crippen molar-refractivity contribution in [2.75, 3.05) is 13.2 Å². The molecule has 6 fully saturated rings. The molecule has 6 saturated carbocycles. The summed E-state index contributed by atoms with van der Waals surface area (Å²) in [4.78, 5) is 0.342. The summed E-state index contributed by atoms with van der Waals surface area (Å²) in [5, 5.41) is 0. The highest BCUT2D eigenvalue weighted by atomic mass is 32.2. The minimum atomic E-state index is -3.71. The Morgan fingerprint density at radius 2 is 1.52 bits per heavy atom. The van der Waals surface area contributed by atoms with Crippen molar-refractivity contribution < 1.29 is 13.2 Å². The van der Waals surface area contributed by atoms with Gasteiger partial charge >= 0.3 is 0 Å². The second kappa shape index (κ2) is 8.13. The van der Waals surface area contributed by atoms with Crippen molar-refractivity contribution in [1.82, 2.24) is 4.31 Å². The highest BCUT2D eigenvalue weighted by molar-refractivity contribution is 7.89. The number of ether oxygens (including phenoxy) is 1. The summed E-state index contributed by atoms with van der Waals surface area (Å²) in [6, 6.07) is 17.0. The van der Waals surface area contributed by atoms with Gasteiger partial charge in [-0.1, -0.05) is 60.7 Å². The molecule has 208 valence electrons. The van der Waals surface area contributed by atoms with Crippen molar-refractivity contribution in [1.29, 1.82) is 0 Å². The first kappa shape index (κ1) is 24.2.